The normalized spacial score (nSPS) is 22.9. The fourth-order valence-corrected chi connectivity index (χ4v) is 4.45. The maximum atomic E-state index is 13.1. The first-order valence-electron chi connectivity index (χ1n) is 10.2. The van der Waals surface area contributed by atoms with E-state index in [9.17, 15) is 14.7 Å². The molecule has 2 unspecified atom stereocenters. The monoisotopic (exact) mass is 441 g/mol. The van der Waals surface area contributed by atoms with Gasteiger partial charge in [0.05, 0.1) is 30.4 Å². The Balaban J connectivity index is 1.88. The highest BCUT2D eigenvalue weighted by molar-refractivity contribution is 6.46. The molecule has 2 atom stereocenters. The molecule has 2 fully saturated rings. The first-order chi connectivity index (χ1) is 14.9. The third kappa shape index (κ3) is 4.05. The van der Waals surface area contributed by atoms with Crippen molar-refractivity contribution in [2.24, 2.45) is 0 Å². The fourth-order valence-electron chi connectivity index (χ4n) is 4.27. The molecule has 0 spiro atoms. The number of carbonyl (C=O) groups excluding carboxylic acids is 2. The number of rotatable bonds is 5. The van der Waals surface area contributed by atoms with Gasteiger partial charge in [0.15, 0.2) is 0 Å². The Labute approximate surface area is 186 Å². The SMILES string of the molecule is COc1ccc(Cl)cc1/C(O)=C1\C(=O)C(=O)N(CC2CCCO2)C1c1cccc(C)c1. The van der Waals surface area contributed by atoms with Gasteiger partial charge in [0.1, 0.15) is 11.5 Å². The summed E-state index contributed by atoms with van der Waals surface area (Å²) < 4.78 is 11.1. The Kier molecular flexibility index (Phi) is 6.03. The van der Waals surface area contributed by atoms with Crippen molar-refractivity contribution in [3.63, 3.8) is 0 Å². The number of halogens is 1. The lowest BCUT2D eigenvalue weighted by Gasteiger charge is -2.27. The molecule has 1 N–H and O–H groups in total. The number of nitrogens with zero attached hydrogens (tertiary/aromatic N) is 1. The molecule has 1 amide bonds. The number of Topliss-reactive ketones (excluding diaryl/α,β-unsaturated/α-hetero) is 1. The Bertz CT molecular complexity index is 1060. The van der Waals surface area contributed by atoms with E-state index in [0.717, 1.165) is 24.0 Å². The Morgan fingerprint density at radius 1 is 1.26 bits per heavy atom. The number of ketones is 1. The quantitative estimate of drug-likeness (QED) is 0.426. The molecule has 2 aliphatic heterocycles. The van der Waals surface area contributed by atoms with Crippen LogP contribution in [-0.4, -0.2) is 48.1 Å². The van der Waals surface area contributed by atoms with Gasteiger partial charge in [-0.25, -0.2) is 0 Å². The largest absolute Gasteiger partial charge is 0.507 e. The van der Waals surface area contributed by atoms with Crippen molar-refractivity contribution < 1.29 is 24.2 Å². The van der Waals surface area contributed by atoms with Crippen molar-refractivity contribution in [3.8, 4) is 5.75 Å². The van der Waals surface area contributed by atoms with Gasteiger partial charge >= 0.3 is 0 Å². The van der Waals surface area contributed by atoms with Gasteiger partial charge < -0.3 is 19.5 Å². The molecule has 0 bridgehead atoms. The highest BCUT2D eigenvalue weighted by Gasteiger charge is 2.47. The molecular weight excluding hydrogens is 418 g/mol. The van der Waals surface area contributed by atoms with Crippen molar-refractivity contribution in [3.05, 3.63) is 69.8 Å². The first kappa shape index (κ1) is 21.4. The van der Waals surface area contributed by atoms with E-state index in [1.54, 1.807) is 12.1 Å². The molecule has 7 heteroatoms. The Morgan fingerprint density at radius 3 is 2.74 bits per heavy atom. The number of methoxy groups -OCH3 is 1. The molecule has 2 heterocycles. The zero-order chi connectivity index (χ0) is 22.1. The van der Waals surface area contributed by atoms with Crippen LogP contribution < -0.4 is 4.74 Å². The van der Waals surface area contributed by atoms with Crippen molar-refractivity contribution >= 4 is 29.1 Å². The summed E-state index contributed by atoms with van der Waals surface area (Å²) in [7, 11) is 1.47. The number of ether oxygens (including phenoxy) is 2. The van der Waals surface area contributed by atoms with Gasteiger partial charge in [0.25, 0.3) is 11.7 Å². The highest BCUT2D eigenvalue weighted by atomic mass is 35.5. The summed E-state index contributed by atoms with van der Waals surface area (Å²) in [6.45, 7) is 2.87. The van der Waals surface area contributed by atoms with Gasteiger partial charge in [-0.05, 0) is 43.5 Å². The van der Waals surface area contributed by atoms with E-state index in [4.69, 9.17) is 21.1 Å². The lowest BCUT2D eigenvalue weighted by Crippen LogP contribution is -2.36. The average Bonchev–Trinajstić information content (AvgIpc) is 3.35. The van der Waals surface area contributed by atoms with Crippen LogP contribution in [0.3, 0.4) is 0 Å². The summed E-state index contributed by atoms with van der Waals surface area (Å²) in [6, 6.07) is 11.6. The lowest BCUT2D eigenvalue weighted by molar-refractivity contribution is -0.140. The second-order valence-electron chi connectivity index (χ2n) is 7.85. The fraction of sp³-hybridized carbons (Fsp3) is 0.333. The summed E-state index contributed by atoms with van der Waals surface area (Å²) in [4.78, 5) is 27.7. The Hall–Kier alpha value is -2.83. The molecule has 4 rings (SSSR count). The zero-order valence-electron chi connectivity index (χ0n) is 17.4. The maximum Gasteiger partial charge on any atom is 0.295 e. The number of aryl methyl sites for hydroxylation is 1. The van der Waals surface area contributed by atoms with Crippen molar-refractivity contribution in [1.29, 1.82) is 0 Å². The molecule has 0 saturated carbocycles. The topological polar surface area (TPSA) is 76.1 Å². The van der Waals surface area contributed by atoms with Crippen LogP contribution in [0.5, 0.6) is 5.75 Å². The maximum absolute atomic E-state index is 13.1. The van der Waals surface area contributed by atoms with Crippen LogP contribution in [0.15, 0.2) is 48.0 Å². The summed E-state index contributed by atoms with van der Waals surface area (Å²) >= 11 is 6.14. The zero-order valence-corrected chi connectivity index (χ0v) is 18.2. The number of likely N-dealkylation sites (tertiary alicyclic amines) is 1. The minimum Gasteiger partial charge on any atom is -0.507 e. The standard InChI is InChI=1S/C24H24ClNO5/c1-14-5-3-6-15(11-14)21-20(22(27)18-12-16(25)8-9-19(18)30-2)23(28)24(29)26(21)13-17-7-4-10-31-17/h3,5-6,8-9,11-12,17,21,27H,4,7,10,13H2,1-2H3/b22-20+. The van der Waals surface area contributed by atoms with Gasteiger partial charge in [0, 0.05) is 18.2 Å². The molecule has 2 saturated heterocycles. The second-order valence-corrected chi connectivity index (χ2v) is 8.28. The van der Waals surface area contributed by atoms with Crippen molar-refractivity contribution in [1.82, 2.24) is 4.90 Å². The number of aliphatic hydroxyl groups is 1. The Morgan fingerprint density at radius 2 is 2.06 bits per heavy atom. The summed E-state index contributed by atoms with van der Waals surface area (Å²) in [5, 5.41) is 11.6. The summed E-state index contributed by atoms with van der Waals surface area (Å²) in [5.41, 5.74) is 2.03. The van der Waals surface area contributed by atoms with E-state index in [-0.39, 0.29) is 29.5 Å². The van der Waals surface area contributed by atoms with Crippen LogP contribution in [0, 0.1) is 6.92 Å². The van der Waals surface area contributed by atoms with Crippen LogP contribution in [0.4, 0.5) is 0 Å². The van der Waals surface area contributed by atoms with E-state index in [1.165, 1.54) is 18.1 Å². The molecule has 0 radical (unpaired) electrons. The summed E-state index contributed by atoms with van der Waals surface area (Å²) in [5.74, 6) is -1.33. The third-order valence-corrected chi connectivity index (χ3v) is 5.97. The number of amides is 1. The van der Waals surface area contributed by atoms with E-state index < -0.39 is 17.7 Å². The molecule has 0 aliphatic carbocycles. The number of aliphatic hydroxyl groups excluding tert-OH is 1. The molecule has 0 aromatic heterocycles. The van der Waals surface area contributed by atoms with Crippen LogP contribution >= 0.6 is 11.6 Å². The van der Waals surface area contributed by atoms with Crippen LogP contribution in [-0.2, 0) is 14.3 Å². The van der Waals surface area contributed by atoms with E-state index in [0.29, 0.717) is 17.4 Å². The van der Waals surface area contributed by atoms with Gasteiger partial charge in [-0.15, -0.1) is 0 Å². The third-order valence-electron chi connectivity index (χ3n) is 5.74. The van der Waals surface area contributed by atoms with Crippen molar-refractivity contribution in [2.45, 2.75) is 31.9 Å². The van der Waals surface area contributed by atoms with Gasteiger partial charge in [0.2, 0.25) is 0 Å². The molecule has 2 aliphatic rings. The van der Waals surface area contributed by atoms with Crippen LogP contribution in [0.1, 0.15) is 35.6 Å². The van der Waals surface area contributed by atoms with Gasteiger partial charge in [-0.1, -0.05) is 41.4 Å². The molecular formula is C24H24ClNO5. The predicted molar refractivity (Wildman–Crippen MR) is 117 cm³/mol. The van der Waals surface area contributed by atoms with Gasteiger partial charge in [-0.2, -0.15) is 0 Å². The second kappa shape index (κ2) is 8.73. The summed E-state index contributed by atoms with van der Waals surface area (Å²) in [6.07, 6.45) is 1.61. The van der Waals surface area contributed by atoms with E-state index in [1.807, 2.05) is 31.2 Å². The minimum atomic E-state index is -0.732. The number of hydrogen-bond donors (Lipinski definition) is 1. The van der Waals surface area contributed by atoms with Crippen LogP contribution in [0.2, 0.25) is 5.02 Å². The van der Waals surface area contributed by atoms with Gasteiger partial charge in [-0.3, -0.25) is 9.59 Å². The molecule has 6 nitrogen and oxygen atoms in total. The van der Waals surface area contributed by atoms with Crippen LogP contribution in [0.25, 0.3) is 5.76 Å². The first-order valence-corrected chi connectivity index (χ1v) is 10.6. The molecule has 2 aromatic carbocycles. The molecule has 2 aromatic rings. The highest BCUT2D eigenvalue weighted by Crippen LogP contribution is 2.42. The van der Waals surface area contributed by atoms with Crippen molar-refractivity contribution in [2.75, 3.05) is 20.3 Å². The number of hydrogen-bond acceptors (Lipinski definition) is 5. The number of carbonyl (C=O) groups is 2. The number of benzene rings is 2. The van der Waals surface area contributed by atoms with E-state index in [2.05, 4.69) is 0 Å². The lowest BCUT2D eigenvalue weighted by atomic mass is 9.94. The average molecular weight is 442 g/mol. The van der Waals surface area contributed by atoms with E-state index >= 15 is 0 Å². The molecule has 31 heavy (non-hydrogen) atoms. The predicted octanol–water partition coefficient (Wildman–Crippen LogP) is 4.26. The smallest absolute Gasteiger partial charge is 0.295 e. The molecule has 162 valence electrons. The minimum absolute atomic E-state index is 0.0224.